The maximum absolute atomic E-state index is 14.0. The van der Waals surface area contributed by atoms with Gasteiger partial charge in [0.25, 0.3) is 0 Å². The van der Waals surface area contributed by atoms with Gasteiger partial charge in [-0.15, -0.1) is 0 Å². The second-order valence-corrected chi connectivity index (χ2v) is 12.1. The Bertz CT molecular complexity index is 1700. The lowest BCUT2D eigenvalue weighted by atomic mass is 9.52. The average Bonchev–Trinajstić information content (AvgIpc) is 3.44. The van der Waals surface area contributed by atoms with Crippen molar-refractivity contribution in [2.45, 2.75) is 37.6 Å². The zero-order valence-electron chi connectivity index (χ0n) is 24.3. The summed E-state index contributed by atoms with van der Waals surface area (Å²) < 4.78 is 6.12. The van der Waals surface area contributed by atoms with Crippen molar-refractivity contribution in [3.63, 3.8) is 0 Å². The van der Waals surface area contributed by atoms with Crippen molar-refractivity contribution in [2.75, 3.05) is 14.1 Å². The third-order valence-corrected chi connectivity index (χ3v) is 9.34. The first-order valence-corrected chi connectivity index (χ1v) is 14.5. The number of nitrogens with two attached hydrogens (primary N) is 1. The largest absolute Gasteiger partial charge is 0.507 e. The number of hydrogen-bond donors (Lipinski definition) is 4. The Hall–Kier alpha value is -4.45. The first-order chi connectivity index (χ1) is 20.9. The molecule has 0 aliphatic heterocycles. The van der Waals surface area contributed by atoms with Gasteiger partial charge in [0.15, 0.2) is 34.7 Å². The average molecular weight is 600 g/mol. The van der Waals surface area contributed by atoms with Crippen molar-refractivity contribution < 1.29 is 38.6 Å². The van der Waals surface area contributed by atoms with E-state index in [1.54, 1.807) is 26.2 Å². The first-order valence-electron chi connectivity index (χ1n) is 14.5. The fraction of sp³-hybridized carbons (Fsp3) is 0.364. The van der Waals surface area contributed by atoms with E-state index in [1.165, 1.54) is 11.0 Å². The Labute approximate surface area is 253 Å². The number of carbonyl (C=O) groups excluding carboxylic acids is 5. The van der Waals surface area contributed by atoms with Crippen molar-refractivity contribution >= 4 is 29.0 Å². The fourth-order valence-corrected chi connectivity index (χ4v) is 7.38. The Kier molecular flexibility index (Phi) is 7.35. The quantitative estimate of drug-likeness (QED) is 0.290. The molecule has 2 saturated carbocycles. The number of nitrogens with one attached hydrogen (secondary N) is 1. The number of carbonyl (C=O) groups is 5. The van der Waals surface area contributed by atoms with Crippen LogP contribution in [0.3, 0.4) is 0 Å². The molecule has 11 nitrogen and oxygen atoms in total. The number of primary amides is 1. The monoisotopic (exact) mass is 599 g/mol. The zero-order valence-corrected chi connectivity index (χ0v) is 24.3. The van der Waals surface area contributed by atoms with E-state index < -0.39 is 64.4 Å². The maximum Gasteiger partial charge on any atom is 0.235 e. The van der Waals surface area contributed by atoms with Gasteiger partial charge >= 0.3 is 0 Å². The number of phenols is 1. The standard InChI is InChI=1S/C33H33N3O8/c1-36(2)27-21-13-17-12-20-19(23-11-8-18(44-23)15-35-14-16-6-4-3-5-7-16)9-10-22(37)25(20)28(38)24(17)30(40)33(21,43)31(41)26(29(27)39)32(34)42/h3-11,17,21,24,26-27,35,37,43H,12-15H2,1-2H3,(H2,34,42)/t17-,21-,24?,26?,27?,33-/m0/s1. The predicted octanol–water partition coefficient (Wildman–Crippen LogP) is 1.42. The lowest BCUT2D eigenvalue weighted by Gasteiger charge is -2.52. The van der Waals surface area contributed by atoms with Crippen LogP contribution in [0.4, 0.5) is 0 Å². The molecule has 6 rings (SSSR count). The van der Waals surface area contributed by atoms with Crippen molar-refractivity contribution in [2.24, 2.45) is 29.4 Å². The Morgan fingerprint density at radius 3 is 2.43 bits per heavy atom. The number of aliphatic hydroxyl groups is 1. The Balaban J connectivity index is 1.34. The summed E-state index contributed by atoms with van der Waals surface area (Å²) in [6, 6.07) is 15.3. The van der Waals surface area contributed by atoms with Crippen molar-refractivity contribution in [3.8, 4) is 17.1 Å². The highest BCUT2D eigenvalue weighted by atomic mass is 16.3. The molecule has 1 aromatic heterocycles. The number of furan rings is 1. The number of benzene rings is 2. The van der Waals surface area contributed by atoms with Gasteiger partial charge in [-0.3, -0.25) is 28.9 Å². The minimum Gasteiger partial charge on any atom is -0.507 e. The third-order valence-electron chi connectivity index (χ3n) is 9.34. The number of fused-ring (bicyclic) bond motifs is 3. The summed E-state index contributed by atoms with van der Waals surface area (Å²) in [5, 5.41) is 25.8. The zero-order chi connectivity index (χ0) is 31.5. The normalized spacial score (nSPS) is 28.0. The van der Waals surface area contributed by atoms with Crippen LogP contribution in [0.15, 0.2) is 59.0 Å². The number of Topliss-reactive ketones (excluding diaryl/α,β-unsaturated/α-hetero) is 4. The topological polar surface area (TPSA) is 180 Å². The molecule has 0 spiro atoms. The van der Waals surface area contributed by atoms with Crippen LogP contribution in [0.25, 0.3) is 11.3 Å². The van der Waals surface area contributed by atoms with Crippen LogP contribution in [0.2, 0.25) is 0 Å². The van der Waals surface area contributed by atoms with Gasteiger partial charge in [-0.05, 0) is 68.2 Å². The molecule has 0 radical (unpaired) electrons. The van der Waals surface area contributed by atoms with Gasteiger partial charge in [0.1, 0.15) is 17.3 Å². The third kappa shape index (κ3) is 4.50. The molecule has 3 aliphatic rings. The van der Waals surface area contributed by atoms with Crippen LogP contribution in [-0.4, -0.2) is 69.9 Å². The molecule has 0 saturated heterocycles. The van der Waals surface area contributed by atoms with Crippen molar-refractivity contribution in [3.05, 3.63) is 77.0 Å². The summed E-state index contributed by atoms with van der Waals surface area (Å²) in [7, 11) is 3.10. The molecule has 3 aliphatic carbocycles. The van der Waals surface area contributed by atoms with Gasteiger partial charge < -0.3 is 25.7 Å². The van der Waals surface area contributed by atoms with Gasteiger partial charge in [-0.25, -0.2) is 0 Å². The summed E-state index contributed by atoms with van der Waals surface area (Å²) in [6.45, 7) is 1.09. The van der Waals surface area contributed by atoms with E-state index in [1.807, 2.05) is 36.4 Å². The number of likely N-dealkylation sites (N-methyl/N-ethyl adjacent to an activating group) is 1. The highest BCUT2D eigenvalue weighted by molar-refractivity contribution is 6.32. The fourth-order valence-electron chi connectivity index (χ4n) is 7.38. The van der Waals surface area contributed by atoms with Crippen LogP contribution in [0.5, 0.6) is 5.75 Å². The lowest BCUT2D eigenvalue weighted by molar-refractivity contribution is -0.181. The summed E-state index contributed by atoms with van der Waals surface area (Å²) >= 11 is 0. The van der Waals surface area contributed by atoms with Crippen LogP contribution in [0.1, 0.15) is 33.7 Å². The molecular formula is C33H33N3O8. The number of phenolic OH excluding ortho intramolecular Hbond substituents is 1. The van der Waals surface area contributed by atoms with Gasteiger partial charge in [0.05, 0.1) is 24.1 Å². The molecule has 3 unspecified atom stereocenters. The highest BCUT2D eigenvalue weighted by Gasteiger charge is 2.69. The molecule has 2 aromatic carbocycles. The maximum atomic E-state index is 14.0. The van der Waals surface area contributed by atoms with Crippen molar-refractivity contribution in [1.29, 1.82) is 0 Å². The van der Waals surface area contributed by atoms with Gasteiger partial charge in [-0.2, -0.15) is 0 Å². The highest BCUT2D eigenvalue weighted by Crippen LogP contribution is 2.51. The van der Waals surface area contributed by atoms with E-state index in [0.29, 0.717) is 35.7 Å². The molecular weight excluding hydrogens is 566 g/mol. The molecule has 6 atom stereocenters. The summed E-state index contributed by atoms with van der Waals surface area (Å²) in [5.41, 5.74) is 4.72. The lowest BCUT2D eigenvalue weighted by Crippen LogP contribution is -2.74. The number of ketones is 4. The van der Waals surface area contributed by atoms with Crippen molar-refractivity contribution in [1.82, 2.24) is 10.2 Å². The molecule has 2 fully saturated rings. The van der Waals surface area contributed by atoms with Crippen LogP contribution < -0.4 is 11.1 Å². The summed E-state index contributed by atoms with van der Waals surface area (Å²) in [4.78, 5) is 68.2. The Morgan fingerprint density at radius 2 is 1.75 bits per heavy atom. The second kappa shape index (κ2) is 10.9. The molecule has 1 amide bonds. The molecule has 5 N–H and O–H groups in total. The number of rotatable bonds is 7. The van der Waals surface area contributed by atoms with Gasteiger partial charge in [-0.1, -0.05) is 30.3 Å². The van der Waals surface area contributed by atoms with E-state index in [0.717, 1.165) is 5.56 Å². The van der Waals surface area contributed by atoms with E-state index in [2.05, 4.69) is 5.32 Å². The molecule has 3 aromatic rings. The van der Waals surface area contributed by atoms with Crippen LogP contribution in [0, 0.1) is 23.7 Å². The number of nitrogens with zero attached hydrogens (tertiary/aromatic N) is 1. The van der Waals surface area contributed by atoms with E-state index in [4.69, 9.17) is 10.2 Å². The SMILES string of the molecule is CN(C)C1C(=O)C(C(N)=O)C(=O)[C@@]2(O)C(=O)C3C(=O)c4c(O)ccc(-c5ccc(CNCc6ccccc6)o5)c4C[C@H]3C[C@@H]12. The Morgan fingerprint density at radius 1 is 1.02 bits per heavy atom. The van der Waals surface area contributed by atoms with Crippen LogP contribution >= 0.6 is 0 Å². The molecule has 1 heterocycles. The first kappa shape index (κ1) is 29.6. The number of aromatic hydroxyl groups is 1. The molecule has 44 heavy (non-hydrogen) atoms. The minimum absolute atomic E-state index is 0.0220. The predicted molar refractivity (Wildman–Crippen MR) is 156 cm³/mol. The van der Waals surface area contributed by atoms with E-state index in [9.17, 15) is 34.2 Å². The smallest absolute Gasteiger partial charge is 0.235 e. The number of amides is 1. The van der Waals surface area contributed by atoms with E-state index in [-0.39, 0.29) is 24.2 Å². The second-order valence-electron chi connectivity index (χ2n) is 12.1. The minimum atomic E-state index is -2.76. The summed E-state index contributed by atoms with van der Waals surface area (Å²) in [6.07, 6.45) is 0.129. The van der Waals surface area contributed by atoms with Crippen LogP contribution in [-0.2, 0) is 38.7 Å². The molecule has 0 bridgehead atoms. The molecule has 228 valence electrons. The molecule has 11 heteroatoms. The van der Waals surface area contributed by atoms with Gasteiger partial charge in [0, 0.05) is 18.0 Å². The summed E-state index contributed by atoms with van der Waals surface area (Å²) in [5.74, 6) is -9.66. The van der Waals surface area contributed by atoms with Gasteiger partial charge in [0.2, 0.25) is 5.91 Å². The van der Waals surface area contributed by atoms with E-state index >= 15 is 0 Å². The number of hydrogen-bond acceptors (Lipinski definition) is 10.